The summed E-state index contributed by atoms with van der Waals surface area (Å²) in [7, 11) is 1.22. The molecule has 2 rings (SSSR count). The van der Waals surface area contributed by atoms with Crippen molar-refractivity contribution < 1.29 is 19.1 Å². The lowest BCUT2D eigenvalue weighted by Gasteiger charge is -2.35. The highest BCUT2D eigenvalue weighted by atomic mass is 16.5. The predicted molar refractivity (Wildman–Crippen MR) is 85.0 cm³/mol. The number of anilines is 1. The number of nitrogens with zero attached hydrogens (tertiary/aromatic N) is 2. The summed E-state index contributed by atoms with van der Waals surface area (Å²) in [5.74, 6) is -1.98. The van der Waals surface area contributed by atoms with Crippen LogP contribution in [0.2, 0.25) is 0 Å². The highest BCUT2D eigenvalue weighted by Crippen LogP contribution is 2.17. The summed E-state index contributed by atoms with van der Waals surface area (Å²) < 4.78 is 4.41. The third-order valence-corrected chi connectivity index (χ3v) is 3.75. The Hall–Kier alpha value is -2.57. The molecule has 0 bridgehead atoms. The summed E-state index contributed by atoms with van der Waals surface area (Å²) in [6.45, 7) is 4.01. The molecule has 0 radical (unpaired) electrons. The van der Waals surface area contributed by atoms with Gasteiger partial charge in [0.15, 0.2) is 0 Å². The van der Waals surface area contributed by atoms with Crippen molar-refractivity contribution in [1.29, 1.82) is 0 Å². The van der Waals surface area contributed by atoms with Gasteiger partial charge in [-0.2, -0.15) is 0 Å². The van der Waals surface area contributed by atoms with Gasteiger partial charge in [-0.15, -0.1) is 0 Å². The first-order valence-corrected chi connectivity index (χ1v) is 7.47. The van der Waals surface area contributed by atoms with E-state index >= 15 is 0 Å². The zero-order valence-corrected chi connectivity index (χ0v) is 13.4. The Morgan fingerprint density at radius 3 is 2.48 bits per heavy atom. The lowest BCUT2D eigenvalue weighted by molar-refractivity contribution is -0.147. The summed E-state index contributed by atoms with van der Waals surface area (Å²) in [6, 6.07) is 8.17. The maximum Gasteiger partial charge on any atom is 0.325 e. The second-order valence-electron chi connectivity index (χ2n) is 5.38. The monoisotopic (exact) mass is 319 g/mol. The molecular formula is C16H21N3O4. The number of esters is 1. The molecule has 1 saturated heterocycles. The maximum atomic E-state index is 12.0. The smallest absolute Gasteiger partial charge is 0.325 e. The largest absolute Gasteiger partial charge is 0.468 e. The van der Waals surface area contributed by atoms with Crippen molar-refractivity contribution in [1.82, 2.24) is 10.2 Å². The summed E-state index contributed by atoms with van der Waals surface area (Å²) in [4.78, 5) is 38.4. The first-order chi connectivity index (χ1) is 11.0. The van der Waals surface area contributed by atoms with Crippen LogP contribution in [0.1, 0.15) is 5.56 Å². The van der Waals surface area contributed by atoms with Crippen LogP contribution in [-0.2, 0) is 19.1 Å². The van der Waals surface area contributed by atoms with E-state index in [1.165, 1.54) is 17.6 Å². The van der Waals surface area contributed by atoms with E-state index in [0.717, 1.165) is 5.69 Å². The number of methoxy groups -OCH3 is 1. The van der Waals surface area contributed by atoms with E-state index in [9.17, 15) is 14.4 Å². The first-order valence-electron chi connectivity index (χ1n) is 7.47. The Bertz CT molecular complexity index is 595. The molecule has 23 heavy (non-hydrogen) atoms. The van der Waals surface area contributed by atoms with E-state index in [1.54, 1.807) is 0 Å². The van der Waals surface area contributed by atoms with Gasteiger partial charge in [0, 0.05) is 31.9 Å². The third kappa shape index (κ3) is 4.45. The van der Waals surface area contributed by atoms with Gasteiger partial charge in [0.1, 0.15) is 6.54 Å². The van der Waals surface area contributed by atoms with Crippen LogP contribution in [0.3, 0.4) is 0 Å². The molecule has 0 atom stereocenters. The Morgan fingerprint density at radius 1 is 1.17 bits per heavy atom. The Morgan fingerprint density at radius 2 is 1.87 bits per heavy atom. The Balaban J connectivity index is 1.85. The lowest BCUT2D eigenvalue weighted by Crippen LogP contribution is -2.53. The molecule has 1 aliphatic rings. The fourth-order valence-corrected chi connectivity index (χ4v) is 2.44. The minimum absolute atomic E-state index is 0.301. The van der Waals surface area contributed by atoms with Crippen molar-refractivity contribution in [3.63, 3.8) is 0 Å². The minimum Gasteiger partial charge on any atom is -0.468 e. The number of hydrogen-bond acceptors (Lipinski definition) is 5. The summed E-state index contributed by atoms with van der Waals surface area (Å²) >= 11 is 0. The number of nitrogens with one attached hydrogen (secondary N) is 1. The number of rotatable bonds is 3. The fraction of sp³-hybridized carbons (Fsp3) is 0.438. The number of carbonyl (C=O) groups is 3. The van der Waals surface area contributed by atoms with Crippen LogP contribution >= 0.6 is 0 Å². The van der Waals surface area contributed by atoms with Crippen molar-refractivity contribution in [2.24, 2.45) is 0 Å². The van der Waals surface area contributed by atoms with Crippen LogP contribution in [0.15, 0.2) is 24.3 Å². The van der Waals surface area contributed by atoms with Gasteiger partial charge in [0.2, 0.25) is 0 Å². The Labute approximate surface area is 135 Å². The van der Waals surface area contributed by atoms with Crippen molar-refractivity contribution in [2.45, 2.75) is 6.92 Å². The average Bonchev–Trinajstić information content (AvgIpc) is 2.58. The van der Waals surface area contributed by atoms with Gasteiger partial charge in [0.25, 0.3) is 0 Å². The maximum absolute atomic E-state index is 12.0. The molecule has 124 valence electrons. The highest BCUT2D eigenvalue weighted by Gasteiger charge is 2.26. The highest BCUT2D eigenvalue weighted by molar-refractivity contribution is 6.35. The molecule has 1 fully saturated rings. The zero-order chi connectivity index (χ0) is 16.8. The normalized spacial score (nSPS) is 14.3. The van der Waals surface area contributed by atoms with Crippen molar-refractivity contribution in [2.75, 3.05) is 44.7 Å². The van der Waals surface area contributed by atoms with Crippen LogP contribution < -0.4 is 10.2 Å². The van der Waals surface area contributed by atoms with Crippen molar-refractivity contribution in [3.05, 3.63) is 29.8 Å². The molecule has 0 spiro atoms. The number of carbonyl (C=O) groups excluding carboxylic acids is 3. The van der Waals surface area contributed by atoms with Crippen molar-refractivity contribution in [3.8, 4) is 0 Å². The quantitative estimate of drug-likeness (QED) is 0.623. The van der Waals surface area contributed by atoms with Crippen LogP contribution in [0.5, 0.6) is 0 Å². The average molecular weight is 319 g/mol. The van der Waals surface area contributed by atoms with Crippen LogP contribution in [-0.4, -0.2) is 62.5 Å². The van der Waals surface area contributed by atoms with E-state index in [4.69, 9.17) is 0 Å². The molecule has 1 N–H and O–H groups in total. The third-order valence-electron chi connectivity index (χ3n) is 3.75. The Kier molecular flexibility index (Phi) is 5.56. The van der Waals surface area contributed by atoms with E-state index in [0.29, 0.717) is 26.2 Å². The molecule has 7 heteroatoms. The van der Waals surface area contributed by atoms with E-state index in [1.807, 2.05) is 25.1 Å². The topological polar surface area (TPSA) is 78.9 Å². The molecule has 2 amide bonds. The fourth-order valence-electron chi connectivity index (χ4n) is 2.44. The molecule has 0 aromatic heterocycles. The summed E-state index contributed by atoms with van der Waals surface area (Å²) in [5.41, 5.74) is 2.30. The molecule has 0 saturated carbocycles. The minimum atomic E-state index is -0.778. The molecule has 1 heterocycles. The summed E-state index contributed by atoms with van der Waals surface area (Å²) in [5, 5.41) is 2.26. The number of ether oxygens (including phenoxy) is 1. The van der Waals surface area contributed by atoms with Gasteiger partial charge in [0.05, 0.1) is 7.11 Å². The SMILES string of the molecule is COC(=O)CNC(=O)C(=O)N1CCN(c2cccc(C)c2)CC1. The number of piperazine rings is 1. The van der Waals surface area contributed by atoms with Crippen LogP contribution in [0, 0.1) is 6.92 Å². The first kappa shape index (κ1) is 16.8. The van der Waals surface area contributed by atoms with E-state index < -0.39 is 17.8 Å². The molecule has 7 nitrogen and oxygen atoms in total. The van der Waals surface area contributed by atoms with Crippen LogP contribution in [0.4, 0.5) is 5.69 Å². The number of aryl methyl sites for hydroxylation is 1. The lowest BCUT2D eigenvalue weighted by atomic mass is 10.2. The van der Waals surface area contributed by atoms with Gasteiger partial charge in [-0.3, -0.25) is 14.4 Å². The zero-order valence-electron chi connectivity index (χ0n) is 13.4. The molecule has 0 unspecified atom stereocenters. The molecule has 1 aromatic rings. The van der Waals surface area contributed by atoms with Gasteiger partial charge in [-0.05, 0) is 24.6 Å². The molecular weight excluding hydrogens is 298 g/mol. The van der Waals surface area contributed by atoms with Crippen LogP contribution in [0.25, 0.3) is 0 Å². The van der Waals surface area contributed by atoms with Gasteiger partial charge in [-0.1, -0.05) is 12.1 Å². The summed E-state index contributed by atoms with van der Waals surface area (Å²) in [6.07, 6.45) is 0. The number of hydrogen-bond donors (Lipinski definition) is 1. The van der Waals surface area contributed by atoms with Gasteiger partial charge >= 0.3 is 17.8 Å². The molecule has 0 aliphatic carbocycles. The van der Waals surface area contributed by atoms with E-state index in [2.05, 4.69) is 21.0 Å². The standard InChI is InChI=1S/C16H21N3O4/c1-12-4-3-5-13(10-12)18-6-8-19(9-7-18)16(22)15(21)17-11-14(20)23-2/h3-5,10H,6-9,11H2,1-2H3,(H,17,21). The molecule has 1 aliphatic heterocycles. The molecule has 1 aromatic carbocycles. The van der Waals surface area contributed by atoms with Gasteiger partial charge in [-0.25, -0.2) is 0 Å². The van der Waals surface area contributed by atoms with Gasteiger partial charge < -0.3 is 19.9 Å². The predicted octanol–water partition coefficient (Wildman–Crippen LogP) is -0.0672. The van der Waals surface area contributed by atoms with Crippen molar-refractivity contribution >= 4 is 23.5 Å². The van der Waals surface area contributed by atoms with E-state index in [-0.39, 0.29) is 6.54 Å². The second-order valence-corrected chi connectivity index (χ2v) is 5.38. The second kappa shape index (κ2) is 7.62. The number of amides is 2. The number of benzene rings is 1.